The molecule has 0 fully saturated rings. The molecule has 150 valence electrons. The van der Waals surface area contributed by atoms with Gasteiger partial charge in [-0.25, -0.2) is 15.0 Å². The topological polar surface area (TPSA) is 95.6 Å². The Bertz CT molecular complexity index is 1130. The Morgan fingerprint density at radius 3 is 2.83 bits per heavy atom. The third kappa shape index (κ3) is 3.75. The lowest BCUT2D eigenvalue weighted by Crippen LogP contribution is -2.08. The smallest absolute Gasteiger partial charge is 0.222 e. The summed E-state index contributed by atoms with van der Waals surface area (Å²) in [6, 6.07) is 6.05. The van der Waals surface area contributed by atoms with Crippen LogP contribution in [-0.4, -0.2) is 41.1 Å². The zero-order valence-corrected chi connectivity index (χ0v) is 17.0. The van der Waals surface area contributed by atoms with E-state index in [4.69, 9.17) is 9.72 Å². The molecule has 4 aromatic heterocycles. The van der Waals surface area contributed by atoms with Crippen LogP contribution >= 0.6 is 0 Å². The predicted molar refractivity (Wildman–Crippen MR) is 111 cm³/mol. The maximum Gasteiger partial charge on any atom is 0.222 e. The summed E-state index contributed by atoms with van der Waals surface area (Å²) in [5.41, 5.74) is 4.27. The zero-order chi connectivity index (χ0) is 20.4. The first-order valence-electron chi connectivity index (χ1n) is 9.61. The third-order valence-corrected chi connectivity index (χ3v) is 4.45. The van der Waals surface area contributed by atoms with E-state index < -0.39 is 0 Å². The fraction of sp³-hybridized carbons (Fsp3) is 0.350. The van der Waals surface area contributed by atoms with E-state index in [0.29, 0.717) is 24.9 Å². The molecule has 1 N–H and O–H groups in total. The average molecular weight is 392 g/mol. The largest absolute Gasteiger partial charge is 0.477 e. The lowest BCUT2D eigenvalue weighted by atomic mass is 10.1. The van der Waals surface area contributed by atoms with Crippen molar-refractivity contribution in [1.82, 2.24) is 34.5 Å². The quantitative estimate of drug-likeness (QED) is 0.516. The molecule has 0 saturated carbocycles. The lowest BCUT2D eigenvalue weighted by Gasteiger charge is -2.14. The molecule has 0 radical (unpaired) electrons. The van der Waals surface area contributed by atoms with E-state index in [9.17, 15) is 0 Å². The summed E-state index contributed by atoms with van der Waals surface area (Å²) >= 11 is 0. The number of fused-ring (bicyclic) bond motifs is 1. The van der Waals surface area contributed by atoms with Gasteiger partial charge in [-0.2, -0.15) is 10.2 Å². The maximum atomic E-state index is 5.70. The molecule has 0 bridgehead atoms. The van der Waals surface area contributed by atoms with Crippen molar-refractivity contribution in [2.24, 2.45) is 7.05 Å². The third-order valence-electron chi connectivity index (χ3n) is 4.45. The van der Waals surface area contributed by atoms with Crippen molar-refractivity contribution in [3.63, 3.8) is 0 Å². The van der Waals surface area contributed by atoms with Crippen LogP contribution in [0.5, 0.6) is 5.88 Å². The SMILES string of the molecule is CCOc1ncccc1-c1cc(NCc2ncn(C)n2)c2c(cnn2C(C)C)n1. The van der Waals surface area contributed by atoms with Gasteiger partial charge in [0.05, 0.1) is 36.3 Å². The Balaban J connectivity index is 1.81. The molecule has 0 aromatic carbocycles. The molecule has 9 nitrogen and oxygen atoms in total. The second kappa shape index (κ2) is 7.86. The molecule has 4 aromatic rings. The number of nitrogens with zero attached hydrogens (tertiary/aromatic N) is 7. The Morgan fingerprint density at radius 1 is 1.24 bits per heavy atom. The average Bonchev–Trinajstić information content (AvgIpc) is 3.33. The van der Waals surface area contributed by atoms with Crippen molar-refractivity contribution >= 4 is 16.7 Å². The van der Waals surface area contributed by atoms with E-state index in [1.807, 2.05) is 36.9 Å². The van der Waals surface area contributed by atoms with Gasteiger partial charge in [-0.05, 0) is 39.0 Å². The van der Waals surface area contributed by atoms with Gasteiger partial charge in [-0.3, -0.25) is 9.36 Å². The maximum absolute atomic E-state index is 5.70. The first-order chi connectivity index (χ1) is 14.1. The fourth-order valence-corrected chi connectivity index (χ4v) is 3.20. The number of aromatic nitrogens is 7. The summed E-state index contributed by atoms with van der Waals surface area (Å²) in [7, 11) is 1.85. The first kappa shape index (κ1) is 18.9. The summed E-state index contributed by atoms with van der Waals surface area (Å²) < 4.78 is 9.36. The van der Waals surface area contributed by atoms with E-state index in [-0.39, 0.29) is 6.04 Å². The molecule has 0 aliphatic carbocycles. The van der Waals surface area contributed by atoms with E-state index in [1.54, 1.807) is 23.4 Å². The summed E-state index contributed by atoms with van der Waals surface area (Å²) in [5.74, 6) is 1.28. The molecule has 0 spiro atoms. The van der Waals surface area contributed by atoms with Crippen molar-refractivity contribution in [2.45, 2.75) is 33.4 Å². The number of rotatable bonds is 7. The van der Waals surface area contributed by atoms with Crippen LogP contribution in [0.15, 0.2) is 36.9 Å². The van der Waals surface area contributed by atoms with Crippen molar-refractivity contribution in [3.05, 3.63) is 42.7 Å². The van der Waals surface area contributed by atoms with Crippen LogP contribution in [0.2, 0.25) is 0 Å². The summed E-state index contributed by atoms with van der Waals surface area (Å²) in [6.45, 7) is 7.16. The van der Waals surface area contributed by atoms with Crippen LogP contribution < -0.4 is 10.1 Å². The molecule has 0 aliphatic rings. The standard InChI is InChI=1S/C20H24N8O/c1-5-29-20-14(7-6-8-21-20)15-9-16(22-11-18-23-12-27(4)26-18)19-17(25-15)10-24-28(19)13(2)3/h6-10,12-13H,5,11H2,1-4H3,(H,22,25). The normalized spacial score (nSPS) is 11.3. The van der Waals surface area contributed by atoms with Gasteiger partial charge in [-0.15, -0.1) is 0 Å². The minimum atomic E-state index is 0.200. The van der Waals surface area contributed by atoms with Gasteiger partial charge >= 0.3 is 0 Å². The number of pyridine rings is 2. The molecular weight excluding hydrogens is 368 g/mol. The highest BCUT2D eigenvalue weighted by atomic mass is 16.5. The van der Waals surface area contributed by atoms with Crippen LogP contribution in [0.4, 0.5) is 5.69 Å². The van der Waals surface area contributed by atoms with Gasteiger partial charge in [0.15, 0.2) is 5.82 Å². The van der Waals surface area contributed by atoms with Crippen molar-refractivity contribution in [2.75, 3.05) is 11.9 Å². The van der Waals surface area contributed by atoms with Crippen LogP contribution in [0, 0.1) is 0 Å². The molecule has 4 heterocycles. The van der Waals surface area contributed by atoms with Crippen molar-refractivity contribution in [1.29, 1.82) is 0 Å². The Hall–Kier alpha value is -3.49. The highest BCUT2D eigenvalue weighted by Crippen LogP contribution is 2.33. The Kier molecular flexibility index (Phi) is 5.11. The summed E-state index contributed by atoms with van der Waals surface area (Å²) in [4.78, 5) is 13.5. The van der Waals surface area contributed by atoms with E-state index in [1.165, 1.54) is 0 Å². The van der Waals surface area contributed by atoms with Gasteiger partial charge in [-0.1, -0.05) is 0 Å². The highest BCUT2D eigenvalue weighted by molar-refractivity contribution is 5.91. The first-order valence-corrected chi connectivity index (χ1v) is 9.61. The number of anilines is 1. The molecule has 0 amide bonds. The van der Waals surface area contributed by atoms with Crippen LogP contribution in [0.25, 0.3) is 22.3 Å². The monoisotopic (exact) mass is 392 g/mol. The number of hydrogen-bond acceptors (Lipinski definition) is 7. The second-order valence-corrected chi connectivity index (χ2v) is 6.95. The fourth-order valence-electron chi connectivity index (χ4n) is 3.20. The summed E-state index contributed by atoms with van der Waals surface area (Å²) in [5, 5.41) is 12.3. The minimum absolute atomic E-state index is 0.200. The van der Waals surface area contributed by atoms with E-state index in [2.05, 4.69) is 39.3 Å². The number of aryl methyl sites for hydroxylation is 1. The number of nitrogens with one attached hydrogen (secondary N) is 1. The Morgan fingerprint density at radius 2 is 2.10 bits per heavy atom. The molecule has 0 unspecified atom stereocenters. The molecule has 0 aliphatic heterocycles. The van der Waals surface area contributed by atoms with Crippen molar-refractivity contribution in [3.8, 4) is 17.1 Å². The van der Waals surface area contributed by atoms with E-state index in [0.717, 1.165) is 28.0 Å². The minimum Gasteiger partial charge on any atom is -0.477 e. The molecule has 9 heteroatoms. The number of ether oxygens (including phenoxy) is 1. The highest BCUT2D eigenvalue weighted by Gasteiger charge is 2.17. The van der Waals surface area contributed by atoms with Crippen LogP contribution in [-0.2, 0) is 13.6 Å². The van der Waals surface area contributed by atoms with Gasteiger partial charge in [0, 0.05) is 19.3 Å². The summed E-state index contributed by atoms with van der Waals surface area (Å²) in [6.07, 6.45) is 5.20. The van der Waals surface area contributed by atoms with Gasteiger partial charge in [0.25, 0.3) is 0 Å². The molecule has 29 heavy (non-hydrogen) atoms. The van der Waals surface area contributed by atoms with E-state index >= 15 is 0 Å². The second-order valence-electron chi connectivity index (χ2n) is 6.95. The Labute approximate surface area is 168 Å². The van der Waals surface area contributed by atoms with Crippen LogP contribution in [0.1, 0.15) is 32.6 Å². The lowest BCUT2D eigenvalue weighted by molar-refractivity contribution is 0.328. The molecular formula is C20H24N8O. The molecule has 0 atom stereocenters. The van der Waals surface area contributed by atoms with Crippen molar-refractivity contribution < 1.29 is 4.74 Å². The van der Waals surface area contributed by atoms with Gasteiger partial charge in [0.1, 0.15) is 17.4 Å². The number of hydrogen-bond donors (Lipinski definition) is 1. The van der Waals surface area contributed by atoms with Gasteiger partial charge in [0.2, 0.25) is 5.88 Å². The van der Waals surface area contributed by atoms with Crippen LogP contribution in [0.3, 0.4) is 0 Å². The van der Waals surface area contributed by atoms with Gasteiger partial charge < -0.3 is 10.1 Å². The molecule has 0 saturated heterocycles. The zero-order valence-electron chi connectivity index (χ0n) is 17.0. The molecule has 4 rings (SSSR count). The predicted octanol–water partition coefficient (Wildman–Crippen LogP) is 3.21.